The van der Waals surface area contributed by atoms with Gasteiger partial charge in [-0.2, -0.15) is 0 Å². The normalized spacial score (nSPS) is 10.6. The van der Waals surface area contributed by atoms with Gasteiger partial charge in [-0.25, -0.2) is 9.97 Å². The second-order valence-electron chi connectivity index (χ2n) is 2.76. The highest BCUT2D eigenvalue weighted by atomic mass is 32.1. The first-order valence-corrected chi connectivity index (χ1v) is 4.28. The van der Waals surface area contributed by atoms with Crippen molar-refractivity contribution >= 4 is 29.3 Å². The summed E-state index contributed by atoms with van der Waals surface area (Å²) in [5, 5.41) is 0. The lowest BCUT2D eigenvalue weighted by Crippen LogP contribution is -2.14. The van der Waals surface area contributed by atoms with Gasteiger partial charge in [0.05, 0.1) is 12.7 Å². The first-order chi connectivity index (χ1) is 6.66. The molecule has 0 radical (unpaired) electrons. The molecule has 4 N–H and O–H groups in total. The molecule has 0 unspecified atom stereocenters. The zero-order valence-electron chi connectivity index (χ0n) is 7.07. The van der Waals surface area contributed by atoms with Crippen molar-refractivity contribution in [1.29, 1.82) is 0 Å². The Balaban J connectivity index is 2.57. The standard InChI is InChI=1S/C7H7N5OS/c8-3(13)1-4-11-5-6(12-4)9-2-10-7(5)14/h2H,1H2,(H2,8,13)(H2,9,10,11,12,14). The molecule has 7 heteroatoms. The monoisotopic (exact) mass is 209 g/mol. The SMILES string of the molecule is NC(=O)Cc1nc2[nH]cnc(=S)c2[nH]1. The van der Waals surface area contributed by atoms with Crippen molar-refractivity contribution in [3.63, 3.8) is 0 Å². The number of nitrogens with one attached hydrogen (secondary N) is 2. The number of H-pyrrole nitrogens is 2. The number of carbonyl (C=O) groups is 1. The van der Waals surface area contributed by atoms with E-state index in [1.54, 1.807) is 0 Å². The first kappa shape index (κ1) is 8.82. The number of aromatic amines is 2. The smallest absolute Gasteiger partial charge is 0.225 e. The van der Waals surface area contributed by atoms with Crippen molar-refractivity contribution in [2.24, 2.45) is 5.73 Å². The van der Waals surface area contributed by atoms with Gasteiger partial charge in [-0.1, -0.05) is 12.2 Å². The van der Waals surface area contributed by atoms with Gasteiger partial charge in [0.1, 0.15) is 11.3 Å². The molecule has 0 aliphatic rings. The van der Waals surface area contributed by atoms with Crippen LogP contribution in [0.15, 0.2) is 6.33 Å². The van der Waals surface area contributed by atoms with Crippen molar-refractivity contribution in [2.75, 3.05) is 0 Å². The van der Waals surface area contributed by atoms with Gasteiger partial charge in [0.25, 0.3) is 0 Å². The number of nitrogens with two attached hydrogens (primary N) is 1. The number of aromatic nitrogens is 4. The number of carbonyl (C=O) groups excluding carboxylic acids is 1. The minimum absolute atomic E-state index is 0.0668. The molecule has 0 aliphatic carbocycles. The molecule has 0 bridgehead atoms. The van der Waals surface area contributed by atoms with E-state index in [0.29, 0.717) is 21.6 Å². The molecule has 0 atom stereocenters. The third kappa shape index (κ3) is 1.49. The van der Waals surface area contributed by atoms with Crippen LogP contribution < -0.4 is 5.73 Å². The Kier molecular flexibility index (Phi) is 2.01. The van der Waals surface area contributed by atoms with E-state index in [4.69, 9.17) is 18.0 Å². The first-order valence-electron chi connectivity index (χ1n) is 3.87. The Bertz CT molecular complexity index is 542. The van der Waals surface area contributed by atoms with Gasteiger partial charge in [0.2, 0.25) is 5.91 Å². The fourth-order valence-electron chi connectivity index (χ4n) is 1.15. The number of hydrogen-bond donors (Lipinski definition) is 3. The van der Waals surface area contributed by atoms with Gasteiger partial charge in [0.15, 0.2) is 10.3 Å². The highest BCUT2D eigenvalue weighted by molar-refractivity contribution is 7.71. The van der Waals surface area contributed by atoms with Crippen LogP contribution in [0.25, 0.3) is 11.2 Å². The second-order valence-corrected chi connectivity index (χ2v) is 3.14. The molecule has 2 heterocycles. The maximum atomic E-state index is 10.6. The van der Waals surface area contributed by atoms with Crippen LogP contribution in [0.4, 0.5) is 0 Å². The number of hydrogen-bond acceptors (Lipinski definition) is 4. The molecule has 72 valence electrons. The van der Waals surface area contributed by atoms with Crippen LogP contribution in [-0.4, -0.2) is 25.8 Å². The van der Waals surface area contributed by atoms with Crippen LogP contribution in [0.3, 0.4) is 0 Å². The lowest BCUT2D eigenvalue weighted by molar-refractivity contribution is -0.117. The van der Waals surface area contributed by atoms with Gasteiger partial charge in [0, 0.05) is 0 Å². The zero-order chi connectivity index (χ0) is 10.1. The molecule has 0 saturated heterocycles. The summed E-state index contributed by atoms with van der Waals surface area (Å²) in [4.78, 5) is 24.3. The van der Waals surface area contributed by atoms with E-state index in [1.165, 1.54) is 6.33 Å². The van der Waals surface area contributed by atoms with Crippen molar-refractivity contribution in [3.8, 4) is 0 Å². The molecule has 2 rings (SSSR count). The van der Waals surface area contributed by atoms with Crippen LogP contribution in [0.5, 0.6) is 0 Å². The largest absolute Gasteiger partial charge is 0.369 e. The molecular weight excluding hydrogens is 202 g/mol. The fraction of sp³-hybridized carbons (Fsp3) is 0.143. The van der Waals surface area contributed by atoms with E-state index >= 15 is 0 Å². The summed E-state index contributed by atoms with van der Waals surface area (Å²) in [5.74, 6) is 0.0470. The molecule has 14 heavy (non-hydrogen) atoms. The summed E-state index contributed by atoms with van der Waals surface area (Å²) in [6.07, 6.45) is 1.52. The van der Waals surface area contributed by atoms with E-state index in [2.05, 4.69) is 19.9 Å². The predicted molar refractivity (Wildman–Crippen MR) is 52.0 cm³/mol. The minimum Gasteiger partial charge on any atom is -0.369 e. The molecule has 0 spiro atoms. The van der Waals surface area contributed by atoms with Gasteiger partial charge >= 0.3 is 0 Å². The Labute approximate surface area is 83.6 Å². The lowest BCUT2D eigenvalue weighted by Gasteiger charge is -1.87. The van der Waals surface area contributed by atoms with Crippen molar-refractivity contribution < 1.29 is 4.79 Å². The van der Waals surface area contributed by atoms with Crippen LogP contribution in [-0.2, 0) is 11.2 Å². The summed E-state index contributed by atoms with van der Waals surface area (Å²) >= 11 is 4.96. The summed E-state index contributed by atoms with van der Waals surface area (Å²) in [6.45, 7) is 0. The molecule has 6 nitrogen and oxygen atoms in total. The lowest BCUT2D eigenvalue weighted by atomic mass is 10.4. The highest BCUT2D eigenvalue weighted by Crippen LogP contribution is 2.08. The molecule has 0 fully saturated rings. The van der Waals surface area contributed by atoms with Crippen molar-refractivity contribution in [2.45, 2.75) is 6.42 Å². The molecule has 0 aliphatic heterocycles. The van der Waals surface area contributed by atoms with Crippen molar-refractivity contribution in [1.82, 2.24) is 19.9 Å². The summed E-state index contributed by atoms with van der Waals surface area (Å²) < 4.78 is 0.418. The highest BCUT2D eigenvalue weighted by Gasteiger charge is 2.06. The third-order valence-corrected chi connectivity index (χ3v) is 2.00. The molecule has 1 amide bonds. The summed E-state index contributed by atoms with van der Waals surface area (Å²) in [7, 11) is 0. The van der Waals surface area contributed by atoms with E-state index < -0.39 is 5.91 Å². The van der Waals surface area contributed by atoms with E-state index in [0.717, 1.165) is 0 Å². The van der Waals surface area contributed by atoms with Crippen LogP contribution in [0.2, 0.25) is 0 Å². The topological polar surface area (TPSA) is 100 Å². The minimum atomic E-state index is -0.442. The van der Waals surface area contributed by atoms with Crippen LogP contribution in [0, 0.1) is 4.64 Å². The second kappa shape index (κ2) is 3.18. The maximum absolute atomic E-state index is 10.6. The fourth-order valence-corrected chi connectivity index (χ4v) is 1.35. The average Bonchev–Trinajstić information content (AvgIpc) is 2.47. The molecule has 2 aromatic heterocycles. The number of rotatable bonds is 2. The molecule has 2 aromatic rings. The number of nitrogens with zero attached hydrogens (tertiary/aromatic N) is 2. The Morgan fingerprint density at radius 3 is 3.07 bits per heavy atom. The van der Waals surface area contributed by atoms with Crippen molar-refractivity contribution in [3.05, 3.63) is 16.8 Å². The molecular formula is C7H7N5OS. The zero-order valence-corrected chi connectivity index (χ0v) is 7.89. The van der Waals surface area contributed by atoms with Gasteiger partial charge in [-0.05, 0) is 0 Å². The quantitative estimate of drug-likeness (QED) is 0.608. The average molecular weight is 209 g/mol. The van der Waals surface area contributed by atoms with Gasteiger partial charge in [-0.3, -0.25) is 4.79 Å². The maximum Gasteiger partial charge on any atom is 0.225 e. The van der Waals surface area contributed by atoms with E-state index in [1.807, 2.05) is 0 Å². The number of primary amides is 1. The summed E-state index contributed by atoms with van der Waals surface area (Å²) in [5.41, 5.74) is 6.24. The van der Waals surface area contributed by atoms with Gasteiger partial charge in [-0.15, -0.1) is 0 Å². The Morgan fingerprint density at radius 2 is 2.43 bits per heavy atom. The molecule has 0 aromatic carbocycles. The number of amides is 1. The Morgan fingerprint density at radius 1 is 1.64 bits per heavy atom. The summed E-state index contributed by atoms with van der Waals surface area (Å²) in [6, 6.07) is 0. The predicted octanol–water partition coefficient (Wildman–Crippen LogP) is 0.0433. The molecule has 0 saturated carbocycles. The van der Waals surface area contributed by atoms with Crippen LogP contribution in [0.1, 0.15) is 5.82 Å². The number of imidazole rings is 1. The van der Waals surface area contributed by atoms with Gasteiger partial charge < -0.3 is 15.7 Å². The Hall–Kier alpha value is -1.76. The van der Waals surface area contributed by atoms with E-state index in [-0.39, 0.29) is 6.42 Å². The van der Waals surface area contributed by atoms with E-state index in [9.17, 15) is 4.79 Å². The van der Waals surface area contributed by atoms with Crippen LogP contribution >= 0.6 is 12.2 Å². The third-order valence-electron chi connectivity index (χ3n) is 1.69. The number of fused-ring (bicyclic) bond motifs is 1.